The molecule has 0 atom stereocenters. The maximum Gasteiger partial charge on any atom is 0.208 e. The fourth-order valence-corrected chi connectivity index (χ4v) is 2.88. The van der Waals surface area contributed by atoms with Crippen molar-refractivity contribution in [2.45, 2.75) is 51.5 Å². The SMILES string of the molecule is CC(C)(C)c1nnc(N(CCO)C2CCC2)s1. The first-order valence-corrected chi connectivity index (χ1v) is 7.05. The van der Waals surface area contributed by atoms with Crippen LogP contribution in [0.1, 0.15) is 45.0 Å². The van der Waals surface area contributed by atoms with E-state index in [-0.39, 0.29) is 12.0 Å². The van der Waals surface area contributed by atoms with E-state index in [0.717, 1.165) is 10.1 Å². The molecule has 1 N–H and O–H groups in total. The molecule has 1 saturated carbocycles. The number of nitrogens with zero attached hydrogens (tertiary/aromatic N) is 3. The summed E-state index contributed by atoms with van der Waals surface area (Å²) < 4.78 is 0. The van der Waals surface area contributed by atoms with E-state index in [1.165, 1.54) is 19.3 Å². The predicted octanol–water partition coefficient (Wildman–Crippen LogP) is 2.19. The Morgan fingerprint density at radius 1 is 1.35 bits per heavy atom. The van der Waals surface area contributed by atoms with Gasteiger partial charge in [-0.1, -0.05) is 32.1 Å². The van der Waals surface area contributed by atoms with Crippen LogP contribution in [0, 0.1) is 0 Å². The molecule has 0 aliphatic heterocycles. The lowest BCUT2D eigenvalue weighted by atomic mass is 9.92. The topological polar surface area (TPSA) is 49.2 Å². The van der Waals surface area contributed by atoms with E-state index < -0.39 is 0 Å². The molecule has 1 heterocycles. The molecule has 0 saturated heterocycles. The van der Waals surface area contributed by atoms with Crippen LogP contribution in [0.3, 0.4) is 0 Å². The standard InChI is InChI=1S/C12H21N3OS/c1-12(2,3)10-13-14-11(17-10)15(7-8-16)9-5-4-6-9/h9,16H,4-8H2,1-3H3. The smallest absolute Gasteiger partial charge is 0.208 e. The first-order valence-electron chi connectivity index (χ1n) is 6.24. The van der Waals surface area contributed by atoms with Crippen molar-refractivity contribution in [1.82, 2.24) is 10.2 Å². The molecular formula is C12H21N3OS. The van der Waals surface area contributed by atoms with Gasteiger partial charge in [-0.25, -0.2) is 0 Å². The fourth-order valence-electron chi connectivity index (χ4n) is 1.88. The molecule has 5 heteroatoms. The lowest BCUT2D eigenvalue weighted by molar-refractivity contribution is 0.283. The van der Waals surface area contributed by atoms with Crippen molar-refractivity contribution >= 4 is 16.5 Å². The van der Waals surface area contributed by atoms with Gasteiger partial charge in [0.05, 0.1) is 6.61 Å². The molecule has 96 valence electrons. The van der Waals surface area contributed by atoms with E-state index in [0.29, 0.717) is 12.6 Å². The van der Waals surface area contributed by atoms with E-state index >= 15 is 0 Å². The van der Waals surface area contributed by atoms with Gasteiger partial charge in [0.1, 0.15) is 5.01 Å². The normalized spacial score (nSPS) is 16.9. The maximum absolute atomic E-state index is 9.15. The second kappa shape index (κ2) is 4.90. The lowest BCUT2D eigenvalue weighted by Crippen LogP contribution is -2.41. The number of aliphatic hydroxyl groups excluding tert-OH is 1. The van der Waals surface area contributed by atoms with Crippen LogP contribution in [0.25, 0.3) is 0 Å². The Balaban J connectivity index is 2.15. The Hall–Kier alpha value is -0.680. The number of hydrogen-bond donors (Lipinski definition) is 1. The van der Waals surface area contributed by atoms with Crippen molar-refractivity contribution in [2.24, 2.45) is 0 Å². The van der Waals surface area contributed by atoms with Gasteiger partial charge < -0.3 is 10.0 Å². The summed E-state index contributed by atoms with van der Waals surface area (Å²) >= 11 is 1.66. The largest absolute Gasteiger partial charge is 0.395 e. The van der Waals surface area contributed by atoms with Crippen molar-refractivity contribution in [2.75, 3.05) is 18.1 Å². The molecular weight excluding hydrogens is 234 g/mol. The van der Waals surface area contributed by atoms with Crippen LogP contribution in [0.15, 0.2) is 0 Å². The van der Waals surface area contributed by atoms with Gasteiger partial charge in [-0.3, -0.25) is 0 Å². The molecule has 0 aromatic carbocycles. The lowest BCUT2D eigenvalue weighted by Gasteiger charge is -2.36. The van der Waals surface area contributed by atoms with Gasteiger partial charge in [0.25, 0.3) is 0 Å². The van der Waals surface area contributed by atoms with Crippen molar-refractivity contribution in [1.29, 1.82) is 0 Å². The fraction of sp³-hybridized carbons (Fsp3) is 0.833. The Morgan fingerprint density at radius 3 is 2.47 bits per heavy atom. The van der Waals surface area contributed by atoms with Gasteiger partial charge in [0.2, 0.25) is 5.13 Å². The van der Waals surface area contributed by atoms with Crippen LogP contribution in [0.4, 0.5) is 5.13 Å². The van der Waals surface area contributed by atoms with Crippen molar-refractivity contribution < 1.29 is 5.11 Å². The molecule has 0 bridgehead atoms. The van der Waals surface area contributed by atoms with E-state index in [1.54, 1.807) is 11.3 Å². The maximum atomic E-state index is 9.15. The number of aliphatic hydroxyl groups is 1. The van der Waals surface area contributed by atoms with Crippen LogP contribution in [-0.2, 0) is 5.41 Å². The molecule has 17 heavy (non-hydrogen) atoms. The molecule has 0 amide bonds. The highest BCUT2D eigenvalue weighted by Gasteiger charge is 2.28. The minimum atomic E-state index is 0.0560. The summed E-state index contributed by atoms with van der Waals surface area (Å²) in [5, 5.41) is 19.7. The minimum absolute atomic E-state index is 0.0560. The van der Waals surface area contributed by atoms with Crippen LogP contribution < -0.4 is 4.90 Å². The van der Waals surface area contributed by atoms with Crippen molar-refractivity contribution in [3.8, 4) is 0 Å². The second-order valence-corrected chi connectivity index (χ2v) is 6.60. The molecule has 1 fully saturated rings. The molecule has 2 rings (SSSR count). The first-order chi connectivity index (χ1) is 8.02. The highest BCUT2D eigenvalue weighted by Crippen LogP contribution is 2.34. The number of hydrogen-bond acceptors (Lipinski definition) is 5. The summed E-state index contributed by atoms with van der Waals surface area (Å²) in [7, 11) is 0. The van der Waals surface area contributed by atoms with Crippen molar-refractivity contribution in [3.63, 3.8) is 0 Å². The Morgan fingerprint density at radius 2 is 2.06 bits per heavy atom. The van der Waals surface area contributed by atoms with Gasteiger partial charge in [-0.2, -0.15) is 0 Å². The third-order valence-corrected chi connectivity index (χ3v) is 4.54. The summed E-state index contributed by atoms with van der Waals surface area (Å²) in [6.45, 7) is 7.30. The number of aromatic nitrogens is 2. The monoisotopic (exact) mass is 255 g/mol. The van der Waals surface area contributed by atoms with E-state index in [9.17, 15) is 0 Å². The van der Waals surface area contributed by atoms with E-state index in [4.69, 9.17) is 5.11 Å². The highest BCUT2D eigenvalue weighted by atomic mass is 32.1. The van der Waals surface area contributed by atoms with E-state index in [2.05, 4.69) is 35.9 Å². The first kappa shape index (κ1) is 12.8. The number of rotatable bonds is 4. The third-order valence-electron chi connectivity index (χ3n) is 3.16. The summed E-state index contributed by atoms with van der Waals surface area (Å²) in [5.74, 6) is 0. The second-order valence-electron chi connectivity index (χ2n) is 5.64. The summed E-state index contributed by atoms with van der Waals surface area (Å²) in [4.78, 5) is 2.22. The molecule has 4 nitrogen and oxygen atoms in total. The van der Waals surface area contributed by atoms with E-state index in [1.807, 2.05) is 0 Å². The molecule has 1 aliphatic carbocycles. The zero-order valence-electron chi connectivity index (χ0n) is 10.8. The zero-order valence-corrected chi connectivity index (χ0v) is 11.6. The van der Waals surface area contributed by atoms with Gasteiger partial charge in [-0.15, -0.1) is 10.2 Å². The van der Waals surface area contributed by atoms with Gasteiger partial charge >= 0.3 is 0 Å². The van der Waals surface area contributed by atoms with Crippen LogP contribution >= 0.6 is 11.3 Å². The number of anilines is 1. The molecule has 0 radical (unpaired) electrons. The minimum Gasteiger partial charge on any atom is -0.395 e. The van der Waals surface area contributed by atoms with Gasteiger partial charge in [-0.05, 0) is 19.3 Å². The summed E-state index contributed by atoms with van der Waals surface area (Å²) in [5.41, 5.74) is 0.0560. The molecule has 1 aromatic heterocycles. The average molecular weight is 255 g/mol. The summed E-state index contributed by atoms with van der Waals surface area (Å²) in [6, 6.07) is 0.558. The van der Waals surface area contributed by atoms with Gasteiger partial charge in [0, 0.05) is 18.0 Å². The molecule has 1 aliphatic rings. The van der Waals surface area contributed by atoms with Gasteiger partial charge in [0.15, 0.2) is 0 Å². The Kier molecular flexibility index (Phi) is 3.68. The van der Waals surface area contributed by atoms with Crippen LogP contribution in [0.5, 0.6) is 0 Å². The average Bonchev–Trinajstić information content (AvgIpc) is 2.61. The Labute approximate surface area is 107 Å². The Bertz CT molecular complexity index is 368. The highest BCUT2D eigenvalue weighted by molar-refractivity contribution is 7.15. The quantitative estimate of drug-likeness (QED) is 0.896. The molecule has 1 aromatic rings. The van der Waals surface area contributed by atoms with Crippen molar-refractivity contribution in [3.05, 3.63) is 5.01 Å². The molecule has 0 spiro atoms. The van der Waals surface area contributed by atoms with Crippen LogP contribution in [0.2, 0.25) is 0 Å². The predicted molar refractivity (Wildman–Crippen MR) is 70.7 cm³/mol. The third kappa shape index (κ3) is 2.77. The zero-order chi connectivity index (χ0) is 12.5. The summed E-state index contributed by atoms with van der Waals surface area (Å²) in [6.07, 6.45) is 3.71. The van der Waals surface area contributed by atoms with Crippen LogP contribution in [-0.4, -0.2) is 34.5 Å². The molecule has 0 unspecified atom stereocenters.